The topological polar surface area (TPSA) is 27.3 Å². The summed E-state index contributed by atoms with van der Waals surface area (Å²) in [5.74, 6) is 1.00. The van der Waals surface area contributed by atoms with Gasteiger partial charge in [0.2, 0.25) is 0 Å². The Kier molecular flexibility index (Phi) is 6.91. The van der Waals surface area contributed by atoms with Crippen LogP contribution in [0.4, 0.5) is 5.69 Å². The van der Waals surface area contributed by atoms with Crippen molar-refractivity contribution in [1.29, 1.82) is 0 Å². The van der Waals surface area contributed by atoms with Gasteiger partial charge in [0.1, 0.15) is 0 Å². The molecule has 0 radical (unpaired) electrons. The van der Waals surface area contributed by atoms with Crippen molar-refractivity contribution in [2.75, 3.05) is 30.9 Å². The van der Waals surface area contributed by atoms with Gasteiger partial charge in [-0.25, -0.2) is 0 Å². The largest absolute Gasteiger partial charge is 0.387 e. The molecule has 1 aliphatic carbocycles. The van der Waals surface area contributed by atoms with Gasteiger partial charge in [0.15, 0.2) is 0 Å². The van der Waals surface area contributed by atoms with E-state index in [1.54, 1.807) is 0 Å². The Morgan fingerprint density at radius 2 is 1.79 bits per heavy atom. The number of anilines is 1. The van der Waals surface area contributed by atoms with Crippen molar-refractivity contribution in [3.05, 3.63) is 35.2 Å². The Morgan fingerprint density at radius 3 is 2.46 bits per heavy atom. The summed E-state index contributed by atoms with van der Waals surface area (Å²) in [6.45, 7) is 2.41. The summed E-state index contributed by atoms with van der Waals surface area (Å²) in [6.07, 6.45) is 9.56. The summed E-state index contributed by atoms with van der Waals surface area (Å²) in [7, 11) is 2.01. The molecule has 0 amide bonds. The molecule has 1 aliphatic heterocycles. The van der Waals surface area contributed by atoms with Crippen molar-refractivity contribution in [1.82, 2.24) is 10.6 Å². The second-order valence-corrected chi connectivity index (χ2v) is 7.73. The maximum absolute atomic E-state index is 3.68. The maximum atomic E-state index is 3.68. The molecule has 1 saturated heterocycles. The van der Waals surface area contributed by atoms with Crippen LogP contribution in [0.3, 0.4) is 0 Å². The molecule has 2 fully saturated rings. The lowest BCUT2D eigenvalue weighted by molar-refractivity contribution is 0.391. The van der Waals surface area contributed by atoms with E-state index >= 15 is 0 Å². The third-order valence-electron chi connectivity index (χ3n) is 5.18. The molecule has 2 aliphatic rings. The predicted octanol–water partition coefficient (Wildman–Crippen LogP) is 4.42. The molecule has 0 aromatic heterocycles. The smallest absolute Gasteiger partial charge is 0.0475 e. The van der Waals surface area contributed by atoms with Gasteiger partial charge in [-0.15, -0.1) is 11.8 Å². The van der Waals surface area contributed by atoms with Crippen molar-refractivity contribution in [2.24, 2.45) is 0 Å². The number of nitrogens with one attached hydrogen (secondary N) is 2. The van der Waals surface area contributed by atoms with Crippen molar-refractivity contribution >= 4 is 23.1 Å². The highest BCUT2D eigenvalue weighted by molar-refractivity contribution is 8.02. The van der Waals surface area contributed by atoms with Crippen LogP contribution < -0.4 is 15.5 Å². The molecule has 3 rings (SSSR count). The van der Waals surface area contributed by atoms with Gasteiger partial charge in [0.05, 0.1) is 0 Å². The number of nitrogens with zero attached hydrogens (tertiary/aromatic N) is 1. The van der Waals surface area contributed by atoms with Gasteiger partial charge >= 0.3 is 0 Å². The minimum absolute atomic E-state index is 0.734. The summed E-state index contributed by atoms with van der Waals surface area (Å²) in [6, 6.07) is 9.74. The fourth-order valence-corrected chi connectivity index (χ4v) is 4.53. The van der Waals surface area contributed by atoms with E-state index in [-0.39, 0.29) is 0 Å². The molecule has 1 aromatic carbocycles. The fraction of sp³-hybridized carbons (Fsp3) is 0.600. The van der Waals surface area contributed by atoms with Crippen LogP contribution in [0.25, 0.3) is 5.70 Å². The highest BCUT2D eigenvalue weighted by Gasteiger charge is 2.13. The average Bonchev–Trinajstić information content (AvgIpc) is 3.18. The minimum Gasteiger partial charge on any atom is -0.387 e. The predicted molar refractivity (Wildman–Crippen MR) is 107 cm³/mol. The molecule has 1 heterocycles. The molecular formula is C20H31N3S. The number of rotatable bonds is 7. The van der Waals surface area contributed by atoms with E-state index in [0.717, 1.165) is 11.9 Å². The fourth-order valence-electron chi connectivity index (χ4n) is 3.70. The molecule has 2 N–H and O–H groups in total. The first-order valence-corrected chi connectivity index (χ1v) is 10.5. The Morgan fingerprint density at radius 1 is 1.08 bits per heavy atom. The molecule has 0 atom stereocenters. The van der Waals surface area contributed by atoms with Gasteiger partial charge < -0.3 is 15.5 Å². The Hall–Kier alpha value is -1.13. The zero-order chi connectivity index (χ0) is 16.6. The Balaban J connectivity index is 1.50. The van der Waals surface area contributed by atoms with Crippen LogP contribution in [-0.2, 0) is 0 Å². The molecule has 0 bridgehead atoms. The first-order chi connectivity index (χ1) is 11.9. The second kappa shape index (κ2) is 9.38. The van der Waals surface area contributed by atoms with E-state index in [0.29, 0.717) is 0 Å². The number of hydrogen-bond donors (Lipinski definition) is 2. The SMILES string of the molecule is CN/C(=C\SCNC1CCCCC1)c1ccc(N2CCCC2)cc1. The number of hydrogen-bond acceptors (Lipinski definition) is 4. The van der Waals surface area contributed by atoms with Crippen LogP contribution in [0.15, 0.2) is 29.7 Å². The van der Waals surface area contributed by atoms with Crippen LogP contribution in [0.1, 0.15) is 50.5 Å². The molecule has 3 nitrogen and oxygen atoms in total. The van der Waals surface area contributed by atoms with E-state index in [1.165, 1.54) is 75.0 Å². The van der Waals surface area contributed by atoms with E-state index in [9.17, 15) is 0 Å². The monoisotopic (exact) mass is 345 g/mol. The van der Waals surface area contributed by atoms with E-state index < -0.39 is 0 Å². The molecule has 132 valence electrons. The van der Waals surface area contributed by atoms with Crippen LogP contribution >= 0.6 is 11.8 Å². The lowest BCUT2D eigenvalue weighted by atomic mass is 9.96. The van der Waals surface area contributed by atoms with E-state index in [4.69, 9.17) is 0 Å². The third kappa shape index (κ3) is 4.93. The second-order valence-electron chi connectivity index (χ2n) is 6.87. The van der Waals surface area contributed by atoms with Gasteiger partial charge in [0, 0.05) is 43.4 Å². The molecule has 1 saturated carbocycles. The first-order valence-electron chi connectivity index (χ1n) is 9.45. The van der Waals surface area contributed by atoms with E-state index in [1.807, 2.05) is 18.8 Å². The van der Waals surface area contributed by atoms with Crippen LogP contribution in [0.5, 0.6) is 0 Å². The van der Waals surface area contributed by atoms with Gasteiger partial charge in [-0.1, -0.05) is 31.4 Å². The van der Waals surface area contributed by atoms with Gasteiger partial charge in [-0.05, 0) is 48.8 Å². The summed E-state index contributed by atoms with van der Waals surface area (Å²) < 4.78 is 0. The molecule has 4 heteroatoms. The molecule has 0 spiro atoms. The van der Waals surface area contributed by atoms with Crippen LogP contribution in [0, 0.1) is 0 Å². The normalized spacial score (nSPS) is 19.7. The zero-order valence-corrected chi connectivity index (χ0v) is 15.7. The Bertz CT molecular complexity index is 514. The number of benzene rings is 1. The van der Waals surface area contributed by atoms with Gasteiger partial charge in [-0.3, -0.25) is 0 Å². The highest BCUT2D eigenvalue weighted by Crippen LogP contribution is 2.23. The molecular weight excluding hydrogens is 314 g/mol. The van der Waals surface area contributed by atoms with Crippen molar-refractivity contribution in [3.63, 3.8) is 0 Å². The average molecular weight is 346 g/mol. The van der Waals surface area contributed by atoms with Gasteiger partial charge in [-0.2, -0.15) is 0 Å². The van der Waals surface area contributed by atoms with Crippen LogP contribution in [0.2, 0.25) is 0 Å². The zero-order valence-electron chi connectivity index (χ0n) is 14.9. The maximum Gasteiger partial charge on any atom is 0.0475 e. The number of thioether (sulfide) groups is 1. The lowest BCUT2D eigenvalue weighted by Gasteiger charge is -2.22. The molecule has 1 aromatic rings. The summed E-state index contributed by atoms with van der Waals surface area (Å²) in [5.41, 5.74) is 3.84. The van der Waals surface area contributed by atoms with Crippen molar-refractivity contribution < 1.29 is 0 Å². The first kappa shape index (κ1) is 17.7. The summed E-state index contributed by atoms with van der Waals surface area (Å²) in [5, 5.41) is 9.28. The third-order valence-corrected chi connectivity index (χ3v) is 5.92. The molecule has 24 heavy (non-hydrogen) atoms. The van der Waals surface area contributed by atoms with Crippen LogP contribution in [-0.4, -0.2) is 32.1 Å². The highest BCUT2D eigenvalue weighted by atomic mass is 32.2. The Labute approximate surface area is 151 Å². The summed E-state index contributed by atoms with van der Waals surface area (Å²) in [4.78, 5) is 2.48. The van der Waals surface area contributed by atoms with E-state index in [2.05, 4.69) is 45.2 Å². The van der Waals surface area contributed by atoms with Crippen molar-refractivity contribution in [3.8, 4) is 0 Å². The standard InChI is InChI=1S/C20H31N3S/c1-21-20(15-24-16-22-18-7-3-2-4-8-18)17-9-11-19(12-10-17)23-13-5-6-14-23/h9-12,15,18,21-22H,2-8,13-14,16H2,1H3/b20-15-. The lowest BCUT2D eigenvalue weighted by Crippen LogP contribution is -2.30. The van der Waals surface area contributed by atoms with Crippen molar-refractivity contribution in [2.45, 2.75) is 51.0 Å². The molecule has 0 unspecified atom stereocenters. The van der Waals surface area contributed by atoms with Gasteiger partial charge in [0.25, 0.3) is 0 Å². The minimum atomic E-state index is 0.734. The summed E-state index contributed by atoms with van der Waals surface area (Å²) >= 11 is 1.86. The quantitative estimate of drug-likeness (QED) is 0.565.